The highest BCUT2D eigenvalue weighted by Crippen LogP contribution is 2.34. The Balaban J connectivity index is 1.79. The van der Waals surface area contributed by atoms with Crippen molar-refractivity contribution in [1.82, 2.24) is 20.1 Å². The molecular formula is C25H25Cl4N5O2S. The van der Waals surface area contributed by atoms with Gasteiger partial charge in [-0.05, 0) is 36.6 Å². The van der Waals surface area contributed by atoms with Crippen LogP contribution >= 0.6 is 58.2 Å². The highest BCUT2D eigenvalue weighted by Gasteiger charge is 2.25. The van der Waals surface area contributed by atoms with E-state index in [1.54, 1.807) is 30.3 Å². The molecule has 2 N–H and O–H groups in total. The van der Waals surface area contributed by atoms with Gasteiger partial charge in [0, 0.05) is 11.6 Å². The zero-order valence-corrected chi connectivity index (χ0v) is 23.9. The number of hydrogen-bond donors (Lipinski definition) is 2. The number of carbonyl (C=O) groups is 2. The molecule has 12 heteroatoms. The maximum Gasteiger partial charge on any atom is 0.253 e. The van der Waals surface area contributed by atoms with Crippen LogP contribution in [0.1, 0.15) is 42.5 Å². The minimum atomic E-state index is -0.439. The highest BCUT2D eigenvalue weighted by atomic mass is 35.5. The molecule has 1 atom stereocenters. The van der Waals surface area contributed by atoms with Crippen molar-refractivity contribution < 1.29 is 9.59 Å². The van der Waals surface area contributed by atoms with Crippen LogP contribution in [0, 0.1) is 5.92 Å². The first-order valence-electron chi connectivity index (χ1n) is 11.3. The summed E-state index contributed by atoms with van der Waals surface area (Å²) in [6.07, 6.45) is 2.32. The lowest BCUT2D eigenvalue weighted by Gasteiger charge is -2.21. The molecule has 1 heterocycles. The van der Waals surface area contributed by atoms with E-state index in [2.05, 4.69) is 41.3 Å². The summed E-state index contributed by atoms with van der Waals surface area (Å²) in [5.74, 6) is 0.180. The lowest BCUT2D eigenvalue weighted by molar-refractivity contribution is -0.113. The van der Waals surface area contributed by atoms with Gasteiger partial charge >= 0.3 is 0 Å². The smallest absolute Gasteiger partial charge is 0.253 e. The molecule has 0 aliphatic heterocycles. The quantitative estimate of drug-likeness (QED) is 0.178. The van der Waals surface area contributed by atoms with E-state index in [-0.39, 0.29) is 39.2 Å². The molecule has 0 spiro atoms. The number of nitrogens with zero attached hydrogens (tertiary/aromatic N) is 3. The third-order valence-electron chi connectivity index (χ3n) is 5.10. The van der Waals surface area contributed by atoms with Gasteiger partial charge in [0.15, 0.2) is 11.0 Å². The van der Waals surface area contributed by atoms with Crippen molar-refractivity contribution in [3.63, 3.8) is 0 Å². The van der Waals surface area contributed by atoms with E-state index in [4.69, 9.17) is 46.4 Å². The summed E-state index contributed by atoms with van der Waals surface area (Å²) >= 11 is 25.7. The van der Waals surface area contributed by atoms with E-state index in [0.717, 1.165) is 0 Å². The fourth-order valence-electron chi connectivity index (χ4n) is 3.51. The summed E-state index contributed by atoms with van der Waals surface area (Å²) in [5, 5.41) is 16.1. The molecule has 2 amide bonds. The number of halogens is 4. The van der Waals surface area contributed by atoms with Crippen LogP contribution in [0.25, 0.3) is 0 Å². The first-order chi connectivity index (χ1) is 17.6. The van der Waals surface area contributed by atoms with Gasteiger partial charge in [-0.15, -0.1) is 16.8 Å². The third-order valence-corrected chi connectivity index (χ3v) is 7.21. The molecule has 0 unspecified atom stereocenters. The van der Waals surface area contributed by atoms with Gasteiger partial charge in [-0.3, -0.25) is 9.59 Å². The van der Waals surface area contributed by atoms with E-state index >= 15 is 0 Å². The van der Waals surface area contributed by atoms with Crippen LogP contribution in [0.15, 0.2) is 54.2 Å². The number of hydrogen-bond acceptors (Lipinski definition) is 5. The molecule has 3 aromatic rings. The monoisotopic (exact) mass is 599 g/mol. The average molecular weight is 601 g/mol. The second-order valence-electron chi connectivity index (χ2n) is 8.46. The fraction of sp³-hybridized carbons (Fsp3) is 0.280. The van der Waals surface area contributed by atoms with Crippen LogP contribution in [-0.2, 0) is 11.3 Å². The van der Waals surface area contributed by atoms with Gasteiger partial charge in [-0.2, -0.15) is 0 Å². The van der Waals surface area contributed by atoms with Crippen molar-refractivity contribution >= 4 is 75.7 Å². The van der Waals surface area contributed by atoms with Crippen LogP contribution in [0.5, 0.6) is 0 Å². The predicted molar refractivity (Wildman–Crippen MR) is 152 cm³/mol. The van der Waals surface area contributed by atoms with Crippen molar-refractivity contribution in [2.24, 2.45) is 5.92 Å². The van der Waals surface area contributed by atoms with E-state index < -0.39 is 6.04 Å². The minimum absolute atomic E-state index is 0.0192. The maximum atomic E-state index is 13.0. The zero-order valence-electron chi connectivity index (χ0n) is 20.1. The summed E-state index contributed by atoms with van der Waals surface area (Å²) in [6.45, 7) is 8.32. The highest BCUT2D eigenvalue weighted by molar-refractivity contribution is 7.99. The van der Waals surface area contributed by atoms with Crippen LogP contribution in [0.4, 0.5) is 5.69 Å². The Morgan fingerprint density at radius 3 is 2.38 bits per heavy atom. The van der Waals surface area contributed by atoms with E-state index in [1.807, 2.05) is 4.57 Å². The van der Waals surface area contributed by atoms with Gasteiger partial charge in [-0.1, -0.05) is 90.2 Å². The molecule has 0 saturated carbocycles. The molecule has 0 aliphatic carbocycles. The number of carbonyl (C=O) groups excluding carboxylic acids is 2. The Kier molecular flexibility index (Phi) is 10.7. The largest absolute Gasteiger partial charge is 0.342 e. The summed E-state index contributed by atoms with van der Waals surface area (Å²) in [4.78, 5) is 25.6. The molecule has 1 aromatic heterocycles. The first kappa shape index (κ1) is 29.3. The summed E-state index contributed by atoms with van der Waals surface area (Å²) in [6, 6.07) is 9.40. The van der Waals surface area contributed by atoms with E-state index in [0.29, 0.717) is 39.6 Å². The maximum absolute atomic E-state index is 13.0. The Hall–Kier alpha value is -2.23. The lowest BCUT2D eigenvalue weighted by Crippen LogP contribution is -2.32. The molecule has 7 nitrogen and oxygen atoms in total. The SMILES string of the molecule is C=CCn1c(SCC(=O)Nc2c(Cl)cc(Cl)cc2Cl)nnc1[C@H](CC(C)C)NC(=O)c1ccccc1Cl. The second kappa shape index (κ2) is 13.5. The third kappa shape index (κ3) is 7.88. The summed E-state index contributed by atoms with van der Waals surface area (Å²) in [7, 11) is 0. The molecule has 37 heavy (non-hydrogen) atoms. The standard InChI is InChI=1S/C25H25Cl4N5O2S/c1-4-9-34-23(20(10-14(2)3)30-24(36)16-7-5-6-8-17(16)27)32-33-25(34)37-13-21(35)31-22-18(28)11-15(26)12-19(22)29/h4-8,11-12,14,20H,1,9-10,13H2,2-3H3,(H,30,36)(H,31,35)/t20-/m0/s1. The Morgan fingerprint density at radius 1 is 1.08 bits per heavy atom. The molecule has 0 radical (unpaired) electrons. The van der Waals surface area contributed by atoms with Crippen molar-refractivity contribution in [3.8, 4) is 0 Å². The van der Waals surface area contributed by atoms with Gasteiger partial charge < -0.3 is 15.2 Å². The summed E-state index contributed by atoms with van der Waals surface area (Å²) in [5.41, 5.74) is 0.657. The molecule has 2 aromatic carbocycles. The lowest BCUT2D eigenvalue weighted by atomic mass is 10.0. The molecule has 3 rings (SSSR count). The number of anilines is 1. The molecule has 0 aliphatic rings. The number of nitrogens with one attached hydrogen (secondary N) is 2. The molecule has 196 valence electrons. The van der Waals surface area contributed by atoms with Crippen molar-refractivity contribution in [2.75, 3.05) is 11.1 Å². The molecule has 0 saturated heterocycles. The van der Waals surface area contributed by atoms with Gasteiger partial charge in [0.05, 0.1) is 38.1 Å². The molecule has 0 bridgehead atoms. The van der Waals surface area contributed by atoms with Crippen molar-refractivity contribution in [3.05, 3.63) is 80.5 Å². The van der Waals surface area contributed by atoms with Crippen molar-refractivity contribution in [2.45, 2.75) is 38.0 Å². The van der Waals surface area contributed by atoms with Gasteiger partial charge in [0.2, 0.25) is 5.91 Å². The van der Waals surface area contributed by atoms with Crippen LogP contribution in [0.2, 0.25) is 20.1 Å². The number of thioether (sulfide) groups is 1. The normalized spacial score (nSPS) is 11.9. The van der Waals surface area contributed by atoms with Crippen molar-refractivity contribution in [1.29, 1.82) is 0 Å². The predicted octanol–water partition coefficient (Wildman–Crippen LogP) is 7.33. The Bertz CT molecular complexity index is 1270. The van der Waals surface area contributed by atoms with Gasteiger partial charge in [0.25, 0.3) is 5.91 Å². The van der Waals surface area contributed by atoms with Gasteiger partial charge in [-0.25, -0.2) is 0 Å². The van der Waals surface area contributed by atoms with E-state index in [1.165, 1.54) is 23.9 Å². The van der Waals surface area contributed by atoms with Gasteiger partial charge in [0.1, 0.15) is 0 Å². The topological polar surface area (TPSA) is 88.9 Å². The second-order valence-corrected chi connectivity index (χ2v) is 11.1. The Labute approximate surface area is 239 Å². The summed E-state index contributed by atoms with van der Waals surface area (Å²) < 4.78 is 1.83. The zero-order chi connectivity index (χ0) is 27.1. The van der Waals surface area contributed by atoms with E-state index in [9.17, 15) is 9.59 Å². The number of aromatic nitrogens is 3. The first-order valence-corrected chi connectivity index (χ1v) is 13.8. The fourth-order valence-corrected chi connectivity index (χ4v) is 5.40. The number of allylic oxidation sites excluding steroid dienone is 1. The molecule has 0 fully saturated rings. The number of benzene rings is 2. The van der Waals surface area contributed by atoms with Crippen LogP contribution in [0.3, 0.4) is 0 Å². The number of amides is 2. The molecular weight excluding hydrogens is 576 g/mol. The minimum Gasteiger partial charge on any atom is -0.342 e. The van der Waals surface area contributed by atoms with Crippen LogP contribution < -0.4 is 10.6 Å². The Morgan fingerprint density at radius 2 is 1.76 bits per heavy atom. The van der Waals surface area contributed by atoms with Crippen LogP contribution in [-0.4, -0.2) is 32.3 Å². The average Bonchev–Trinajstić information content (AvgIpc) is 3.22. The number of rotatable bonds is 11.